The number of amides is 2. The molecule has 2 aliphatic rings. The van der Waals surface area contributed by atoms with Gasteiger partial charge in [-0.3, -0.25) is 9.59 Å². The molecule has 0 radical (unpaired) electrons. The van der Waals surface area contributed by atoms with E-state index in [2.05, 4.69) is 26.0 Å². The second kappa shape index (κ2) is 8.87. The van der Waals surface area contributed by atoms with E-state index in [9.17, 15) is 9.59 Å². The van der Waals surface area contributed by atoms with Gasteiger partial charge in [0.05, 0.1) is 5.92 Å². The van der Waals surface area contributed by atoms with Crippen LogP contribution in [0.4, 0.5) is 0 Å². The zero-order chi connectivity index (χ0) is 18.0. The molecule has 2 fully saturated rings. The first-order chi connectivity index (χ1) is 12.0. The highest BCUT2D eigenvalue weighted by Gasteiger charge is 2.42. The van der Waals surface area contributed by atoms with Crippen molar-refractivity contribution in [1.29, 1.82) is 0 Å². The molecule has 0 aliphatic carbocycles. The Morgan fingerprint density at radius 2 is 1.81 bits per heavy atom. The molecule has 2 heterocycles. The van der Waals surface area contributed by atoms with Gasteiger partial charge in [0, 0.05) is 44.1 Å². The van der Waals surface area contributed by atoms with Crippen LogP contribution >= 0.6 is 12.4 Å². The first-order valence-electron chi connectivity index (χ1n) is 9.43. The van der Waals surface area contributed by atoms with Crippen molar-refractivity contribution in [1.82, 2.24) is 9.80 Å². The van der Waals surface area contributed by atoms with Crippen LogP contribution in [0.15, 0.2) is 30.3 Å². The summed E-state index contributed by atoms with van der Waals surface area (Å²) in [5.41, 5.74) is 7.50. The number of nitrogens with zero attached hydrogens (tertiary/aromatic N) is 2. The lowest BCUT2D eigenvalue weighted by Gasteiger charge is -2.26. The zero-order valence-electron chi connectivity index (χ0n) is 15.6. The molecule has 2 aliphatic heterocycles. The molecule has 5 nitrogen and oxygen atoms in total. The number of likely N-dealkylation sites (tertiary alicyclic amines) is 2. The highest BCUT2D eigenvalue weighted by molar-refractivity contribution is 5.89. The predicted octanol–water partition coefficient (Wildman–Crippen LogP) is 2.40. The van der Waals surface area contributed by atoms with Gasteiger partial charge in [-0.2, -0.15) is 0 Å². The Morgan fingerprint density at radius 3 is 2.42 bits per heavy atom. The number of hydrogen-bond donors (Lipinski definition) is 1. The van der Waals surface area contributed by atoms with Gasteiger partial charge in [0.25, 0.3) is 0 Å². The minimum absolute atomic E-state index is 0. The Bertz CT molecular complexity index is 621. The quantitative estimate of drug-likeness (QED) is 0.854. The van der Waals surface area contributed by atoms with Crippen LogP contribution in [0.2, 0.25) is 0 Å². The van der Waals surface area contributed by atoms with Gasteiger partial charge >= 0.3 is 0 Å². The second-order valence-corrected chi connectivity index (χ2v) is 7.34. The van der Waals surface area contributed by atoms with Crippen molar-refractivity contribution in [3.05, 3.63) is 35.9 Å². The van der Waals surface area contributed by atoms with Crippen LogP contribution in [0.3, 0.4) is 0 Å². The molecule has 0 aromatic heterocycles. The Labute approximate surface area is 162 Å². The molecule has 6 heteroatoms. The minimum atomic E-state index is -0.213. The minimum Gasteiger partial charge on any atom is -0.340 e. The van der Waals surface area contributed by atoms with E-state index in [0.29, 0.717) is 26.1 Å². The van der Waals surface area contributed by atoms with E-state index in [1.54, 1.807) is 0 Å². The van der Waals surface area contributed by atoms with Crippen molar-refractivity contribution in [2.75, 3.05) is 19.6 Å². The van der Waals surface area contributed by atoms with Gasteiger partial charge in [-0.25, -0.2) is 0 Å². The van der Waals surface area contributed by atoms with E-state index in [4.69, 9.17) is 5.73 Å². The number of hydrogen-bond acceptors (Lipinski definition) is 3. The molecule has 3 atom stereocenters. The van der Waals surface area contributed by atoms with E-state index in [-0.39, 0.29) is 48.1 Å². The van der Waals surface area contributed by atoms with Crippen molar-refractivity contribution in [3.63, 3.8) is 0 Å². The van der Waals surface area contributed by atoms with Crippen LogP contribution in [0, 0.1) is 5.92 Å². The highest BCUT2D eigenvalue weighted by Crippen LogP contribution is 2.30. The third kappa shape index (κ3) is 4.04. The SMILES string of the molecule is CCC(CC)N1CC(C(=O)N2C[C@@H](N)[C@H](c3ccccc3)C2)CC1=O.Cl. The summed E-state index contributed by atoms with van der Waals surface area (Å²) < 4.78 is 0. The Hall–Kier alpha value is -1.59. The van der Waals surface area contributed by atoms with E-state index >= 15 is 0 Å². The monoisotopic (exact) mass is 379 g/mol. The van der Waals surface area contributed by atoms with Gasteiger partial charge in [0.1, 0.15) is 0 Å². The average Bonchev–Trinajstić information content (AvgIpc) is 3.20. The Morgan fingerprint density at radius 1 is 1.15 bits per heavy atom. The van der Waals surface area contributed by atoms with Crippen molar-refractivity contribution in [2.24, 2.45) is 11.7 Å². The first kappa shape index (κ1) is 20.7. The molecule has 0 spiro atoms. The topological polar surface area (TPSA) is 66.6 Å². The molecule has 2 N–H and O–H groups in total. The fourth-order valence-electron chi connectivity index (χ4n) is 4.30. The van der Waals surface area contributed by atoms with Crippen LogP contribution in [0.5, 0.6) is 0 Å². The Kier molecular flexibility index (Phi) is 7.07. The fourth-order valence-corrected chi connectivity index (χ4v) is 4.30. The van der Waals surface area contributed by atoms with Crippen LogP contribution in [-0.4, -0.2) is 53.3 Å². The van der Waals surface area contributed by atoms with Crippen LogP contribution < -0.4 is 5.73 Å². The van der Waals surface area contributed by atoms with E-state index in [1.165, 1.54) is 5.56 Å². The summed E-state index contributed by atoms with van der Waals surface area (Å²) >= 11 is 0. The predicted molar refractivity (Wildman–Crippen MR) is 105 cm³/mol. The number of nitrogens with two attached hydrogens (primary N) is 1. The van der Waals surface area contributed by atoms with Crippen molar-refractivity contribution in [2.45, 2.75) is 51.1 Å². The van der Waals surface area contributed by atoms with Gasteiger partial charge in [-0.05, 0) is 18.4 Å². The molecular formula is C20H30ClN3O2. The lowest BCUT2D eigenvalue weighted by molar-refractivity contribution is -0.135. The van der Waals surface area contributed by atoms with Crippen LogP contribution in [-0.2, 0) is 9.59 Å². The van der Waals surface area contributed by atoms with Gasteiger partial charge in [0.2, 0.25) is 11.8 Å². The van der Waals surface area contributed by atoms with E-state index in [1.807, 2.05) is 28.0 Å². The summed E-state index contributed by atoms with van der Waals surface area (Å²) in [4.78, 5) is 29.1. The number of benzene rings is 1. The molecular weight excluding hydrogens is 350 g/mol. The summed E-state index contributed by atoms with van der Waals surface area (Å²) in [6.45, 7) is 5.99. The van der Waals surface area contributed by atoms with Crippen LogP contribution in [0.1, 0.15) is 44.6 Å². The number of rotatable bonds is 5. The standard InChI is InChI=1S/C20H29N3O2.ClH/c1-3-16(4-2)23-11-15(10-19(23)24)20(25)22-12-17(18(21)13-22)14-8-6-5-7-9-14;/h5-9,15-18H,3-4,10-13,21H2,1-2H3;1H/t15?,17-,18+;/m0./s1. The van der Waals surface area contributed by atoms with Gasteiger partial charge in [0.15, 0.2) is 0 Å². The normalized spacial score (nSPS) is 25.7. The third-order valence-corrected chi connectivity index (χ3v) is 5.80. The number of carbonyl (C=O) groups excluding carboxylic acids is 2. The molecule has 144 valence electrons. The van der Waals surface area contributed by atoms with Crippen molar-refractivity contribution in [3.8, 4) is 0 Å². The zero-order valence-corrected chi connectivity index (χ0v) is 16.5. The summed E-state index contributed by atoms with van der Waals surface area (Å²) in [5.74, 6) is 0.179. The smallest absolute Gasteiger partial charge is 0.228 e. The molecule has 0 saturated carbocycles. The summed E-state index contributed by atoms with van der Waals surface area (Å²) in [6.07, 6.45) is 2.22. The second-order valence-electron chi connectivity index (χ2n) is 7.34. The summed E-state index contributed by atoms with van der Waals surface area (Å²) in [5, 5.41) is 0. The lowest BCUT2D eigenvalue weighted by Crippen LogP contribution is -2.39. The molecule has 1 aromatic rings. The molecule has 1 aromatic carbocycles. The lowest BCUT2D eigenvalue weighted by atomic mass is 9.95. The highest BCUT2D eigenvalue weighted by atomic mass is 35.5. The third-order valence-electron chi connectivity index (χ3n) is 5.80. The summed E-state index contributed by atoms with van der Waals surface area (Å²) in [6, 6.07) is 10.4. The van der Waals surface area contributed by atoms with E-state index < -0.39 is 0 Å². The largest absolute Gasteiger partial charge is 0.340 e. The Balaban J connectivity index is 0.00000243. The van der Waals surface area contributed by atoms with E-state index in [0.717, 1.165) is 12.8 Å². The molecule has 0 bridgehead atoms. The fraction of sp³-hybridized carbons (Fsp3) is 0.600. The van der Waals surface area contributed by atoms with Crippen LogP contribution in [0.25, 0.3) is 0 Å². The average molecular weight is 380 g/mol. The molecule has 2 saturated heterocycles. The summed E-state index contributed by atoms with van der Waals surface area (Å²) in [7, 11) is 0. The van der Waals surface area contributed by atoms with Gasteiger partial charge < -0.3 is 15.5 Å². The number of carbonyl (C=O) groups is 2. The van der Waals surface area contributed by atoms with Crippen molar-refractivity contribution < 1.29 is 9.59 Å². The molecule has 1 unspecified atom stereocenters. The number of halogens is 1. The maximum Gasteiger partial charge on any atom is 0.228 e. The van der Waals surface area contributed by atoms with Gasteiger partial charge in [-0.1, -0.05) is 44.2 Å². The van der Waals surface area contributed by atoms with Crippen molar-refractivity contribution >= 4 is 24.2 Å². The molecule has 2 amide bonds. The molecule has 3 rings (SSSR count). The first-order valence-corrected chi connectivity index (χ1v) is 9.43. The van der Waals surface area contributed by atoms with Gasteiger partial charge in [-0.15, -0.1) is 12.4 Å². The maximum atomic E-state index is 13.0. The molecule has 26 heavy (non-hydrogen) atoms. The maximum absolute atomic E-state index is 13.0.